The van der Waals surface area contributed by atoms with E-state index in [1.165, 1.54) is 4.31 Å². The van der Waals surface area contributed by atoms with Gasteiger partial charge in [0.25, 0.3) is 0 Å². The van der Waals surface area contributed by atoms with E-state index in [-0.39, 0.29) is 12.5 Å². The molecule has 0 aromatic carbocycles. The fourth-order valence-electron chi connectivity index (χ4n) is 2.63. The fourth-order valence-corrected chi connectivity index (χ4v) is 3.76. The quantitative estimate of drug-likeness (QED) is 0.837. The summed E-state index contributed by atoms with van der Waals surface area (Å²) >= 11 is 0. The van der Waals surface area contributed by atoms with Gasteiger partial charge in [-0.1, -0.05) is 19.0 Å². The first-order valence-electron chi connectivity index (χ1n) is 7.46. The number of nitrogens with zero attached hydrogens (tertiary/aromatic N) is 2. The third-order valence-corrected chi connectivity index (χ3v) is 4.88. The molecule has 0 unspecified atom stereocenters. The number of rotatable bonds is 6. The molecule has 1 fully saturated rings. The molecule has 1 saturated heterocycles. The van der Waals surface area contributed by atoms with Crippen molar-refractivity contribution >= 4 is 15.9 Å². The first-order chi connectivity index (χ1) is 10.3. The van der Waals surface area contributed by atoms with Crippen LogP contribution < -0.4 is 5.32 Å². The van der Waals surface area contributed by atoms with Gasteiger partial charge in [0.15, 0.2) is 0 Å². The van der Waals surface area contributed by atoms with Gasteiger partial charge in [-0.15, -0.1) is 0 Å². The van der Waals surface area contributed by atoms with Crippen molar-refractivity contribution in [2.45, 2.75) is 45.7 Å². The van der Waals surface area contributed by atoms with E-state index in [9.17, 15) is 13.2 Å². The van der Waals surface area contributed by atoms with Gasteiger partial charge in [-0.2, -0.15) is 4.31 Å². The minimum Gasteiger partial charge on any atom is -0.361 e. The molecule has 8 heteroatoms. The Morgan fingerprint density at radius 3 is 2.91 bits per heavy atom. The summed E-state index contributed by atoms with van der Waals surface area (Å²) in [6, 6.07) is 1.21. The van der Waals surface area contributed by atoms with Gasteiger partial charge < -0.3 is 9.84 Å². The Hall–Kier alpha value is -1.41. The highest BCUT2D eigenvalue weighted by atomic mass is 32.2. The van der Waals surface area contributed by atoms with Gasteiger partial charge in [-0.3, -0.25) is 4.79 Å². The maximum absolute atomic E-state index is 12.2. The zero-order valence-electron chi connectivity index (χ0n) is 13.2. The van der Waals surface area contributed by atoms with Gasteiger partial charge in [0.05, 0.1) is 12.8 Å². The third-order valence-electron chi connectivity index (χ3n) is 3.59. The molecule has 2 rings (SSSR count). The zero-order valence-corrected chi connectivity index (χ0v) is 14.0. The minimum absolute atomic E-state index is 0.245. The molecule has 0 aliphatic carbocycles. The molecule has 124 valence electrons. The number of carbonyl (C=O) groups excluding carboxylic acids is 1. The normalized spacial score (nSPS) is 19.7. The SMILES string of the molecule is CC(C)Cc1cc(CNC(=O)[C@@H]2CCCN2S(C)(=O)=O)no1. The van der Waals surface area contributed by atoms with Gasteiger partial charge >= 0.3 is 0 Å². The Morgan fingerprint density at radius 2 is 2.27 bits per heavy atom. The van der Waals surface area contributed by atoms with Crippen molar-refractivity contribution in [2.75, 3.05) is 12.8 Å². The van der Waals surface area contributed by atoms with Crippen LogP contribution in [0.25, 0.3) is 0 Å². The lowest BCUT2D eigenvalue weighted by molar-refractivity contribution is -0.124. The van der Waals surface area contributed by atoms with Crippen LogP contribution >= 0.6 is 0 Å². The van der Waals surface area contributed by atoms with E-state index in [2.05, 4.69) is 24.3 Å². The Kier molecular flexibility index (Phi) is 5.23. The van der Waals surface area contributed by atoms with E-state index in [1.807, 2.05) is 6.07 Å². The summed E-state index contributed by atoms with van der Waals surface area (Å²) in [5, 5.41) is 6.66. The highest BCUT2D eigenvalue weighted by molar-refractivity contribution is 7.88. The Bertz CT molecular complexity index is 624. The van der Waals surface area contributed by atoms with E-state index < -0.39 is 16.1 Å². The molecule has 1 amide bonds. The van der Waals surface area contributed by atoms with Crippen LogP contribution in [0.15, 0.2) is 10.6 Å². The number of aromatic nitrogens is 1. The second-order valence-electron chi connectivity index (χ2n) is 6.13. The second-order valence-corrected chi connectivity index (χ2v) is 8.07. The molecule has 22 heavy (non-hydrogen) atoms. The van der Waals surface area contributed by atoms with Crippen LogP contribution in [-0.2, 0) is 27.8 Å². The van der Waals surface area contributed by atoms with Crippen molar-refractivity contribution in [1.29, 1.82) is 0 Å². The van der Waals surface area contributed by atoms with E-state index >= 15 is 0 Å². The van der Waals surface area contributed by atoms with Crippen molar-refractivity contribution in [3.63, 3.8) is 0 Å². The summed E-state index contributed by atoms with van der Waals surface area (Å²) in [6.07, 6.45) is 3.18. The number of carbonyl (C=O) groups is 1. The summed E-state index contributed by atoms with van der Waals surface area (Å²) < 4.78 is 29.8. The smallest absolute Gasteiger partial charge is 0.238 e. The van der Waals surface area contributed by atoms with Crippen molar-refractivity contribution in [1.82, 2.24) is 14.8 Å². The molecule has 2 heterocycles. The molecule has 1 aromatic rings. The first kappa shape index (κ1) is 17.0. The largest absolute Gasteiger partial charge is 0.361 e. The second kappa shape index (κ2) is 6.78. The zero-order chi connectivity index (χ0) is 16.3. The van der Waals surface area contributed by atoms with E-state index in [1.54, 1.807) is 0 Å². The van der Waals surface area contributed by atoms with Crippen molar-refractivity contribution in [3.8, 4) is 0 Å². The van der Waals surface area contributed by atoms with Gasteiger partial charge in [-0.05, 0) is 18.8 Å². The molecule has 7 nitrogen and oxygen atoms in total. The molecular weight excluding hydrogens is 306 g/mol. The summed E-state index contributed by atoms with van der Waals surface area (Å²) in [5.74, 6) is 0.978. The third kappa shape index (κ3) is 4.30. The average molecular weight is 329 g/mol. The summed E-state index contributed by atoms with van der Waals surface area (Å²) in [7, 11) is -3.35. The standard InChI is InChI=1S/C14H23N3O4S/c1-10(2)7-12-8-11(16-21-12)9-15-14(18)13-5-4-6-17(13)22(3,19)20/h8,10,13H,4-7,9H2,1-3H3,(H,15,18)/t13-/m0/s1. The van der Waals surface area contributed by atoms with Gasteiger partial charge in [0.2, 0.25) is 15.9 Å². The van der Waals surface area contributed by atoms with Crippen molar-refractivity contribution in [2.24, 2.45) is 5.92 Å². The average Bonchev–Trinajstić information content (AvgIpc) is 3.02. The molecule has 1 atom stereocenters. The topological polar surface area (TPSA) is 92.5 Å². The predicted molar refractivity (Wildman–Crippen MR) is 81.5 cm³/mol. The molecule has 1 aliphatic heterocycles. The molecule has 1 N–H and O–H groups in total. The lowest BCUT2D eigenvalue weighted by Crippen LogP contribution is -2.45. The molecular formula is C14H23N3O4S. The van der Waals surface area contributed by atoms with Crippen LogP contribution in [0, 0.1) is 5.92 Å². The first-order valence-corrected chi connectivity index (χ1v) is 9.31. The van der Waals surface area contributed by atoms with Crippen LogP contribution in [0.2, 0.25) is 0 Å². The maximum Gasteiger partial charge on any atom is 0.238 e. The van der Waals surface area contributed by atoms with E-state index in [0.717, 1.165) is 18.4 Å². The predicted octanol–water partition coefficient (Wildman–Crippen LogP) is 0.913. The van der Waals surface area contributed by atoms with Crippen LogP contribution in [0.3, 0.4) is 0 Å². The summed E-state index contributed by atoms with van der Waals surface area (Å²) in [6.45, 7) is 4.82. The van der Waals surface area contributed by atoms with Crippen molar-refractivity contribution in [3.05, 3.63) is 17.5 Å². The van der Waals surface area contributed by atoms with Gasteiger partial charge in [-0.25, -0.2) is 8.42 Å². The van der Waals surface area contributed by atoms with Gasteiger partial charge in [0.1, 0.15) is 17.5 Å². The minimum atomic E-state index is -3.35. The fraction of sp³-hybridized carbons (Fsp3) is 0.714. The molecule has 1 aromatic heterocycles. The highest BCUT2D eigenvalue weighted by Crippen LogP contribution is 2.20. The molecule has 0 spiro atoms. The van der Waals surface area contributed by atoms with Crippen LogP contribution in [0.1, 0.15) is 38.1 Å². The van der Waals surface area contributed by atoms with Crippen molar-refractivity contribution < 1.29 is 17.7 Å². The van der Waals surface area contributed by atoms with Gasteiger partial charge in [0, 0.05) is 19.0 Å². The monoisotopic (exact) mass is 329 g/mol. The van der Waals surface area contributed by atoms with Crippen LogP contribution in [0.4, 0.5) is 0 Å². The number of hydrogen-bond donors (Lipinski definition) is 1. The number of nitrogens with one attached hydrogen (secondary N) is 1. The molecule has 0 radical (unpaired) electrons. The molecule has 1 aliphatic rings. The Labute approximate surface area is 131 Å². The molecule has 0 saturated carbocycles. The number of sulfonamides is 1. The number of hydrogen-bond acceptors (Lipinski definition) is 5. The van der Waals surface area contributed by atoms with E-state index in [4.69, 9.17) is 4.52 Å². The maximum atomic E-state index is 12.2. The highest BCUT2D eigenvalue weighted by Gasteiger charge is 2.36. The Balaban J connectivity index is 1.91. The molecule has 0 bridgehead atoms. The summed E-state index contributed by atoms with van der Waals surface area (Å²) in [5.41, 5.74) is 0.646. The van der Waals surface area contributed by atoms with E-state index in [0.29, 0.717) is 31.0 Å². The Morgan fingerprint density at radius 1 is 1.55 bits per heavy atom. The lowest BCUT2D eigenvalue weighted by atomic mass is 10.1. The van der Waals surface area contributed by atoms with Crippen LogP contribution in [-0.4, -0.2) is 42.6 Å². The van der Waals surface area contributed by atoms with Crippen LogP contribution in [0.5, 0.6) is 0 Å². The summed E-state index contributed by atoms with van der Waals surface area (Å²) in [4.78, 5) is 12.2. The number of amides is 1. The lowest BCUT2D eigenvalue weighted by Gasteiger charge is -2.20.